The van der Waals surface area contributed by atoms with E-state index in [2.05, 4.69) is 4.57 Å². The maximum atomic E-state index is 13.6. The average Bonchev–Trinajstić information content (AvgIpc) is 3.20. The Balaban J connectivity index is 1.94. The van der Waals surface area contributed by atoms with E-state index < -0.39 is 22.3 Å². The molecule has 0 amide bonds. The summed E-state index contributed by atoms with van der Waals surface area (Å²) >= 11 is 0. The van der Waals surface area contributed by atoms with E-state index in [0.29, 0.717) is 28.8 Å². The molecule has 0 spiro atoms. The van der Waals surface area contributed by atoms with Crippen molar-refractivity contribution in [3.63, 3.8) is 0 Å². The van der Waals surface area contributed by atoms with Crippen LogP contribution in [0.25, 0.3) is 22.2 Å². The highest BCUT2D eigenvalue weighted by Crippen LogP contribution is 2.45. The predicted molar refractivity (Wildman–Crippen MR) is 133 cm³/mol. The van der Waals surface area contributed by atoms with Crippen LogP contribution in [0.15, 0.2) is 58.1 Å². The summed E-state index contributed by atoms with van der Waals surface area (Å²) in [6, 6.07) is 14.1. The van der Waals surface area contributed by atoms with Gasteiger partial charge in [0.15, 0.2) is 0 Å². The number of nitro groups is 1. The summed E-state index contributed by atoms with van der Waals surface area (Å²) in [5.74, 6) is 0. The molecule has 1 atom stereocenters. The zero-order valence-electron chi connectivity index (χ0n) is 20.2. The van der Waals surface area contributed by atoms with Gasteiger partial charge in [0.25, 0.3) is 11.2 Å². The van der Waals surface area contributed by atoms with Crippen molar-refractivity contribution in [3.8, 4) is 11.3 Å². The highest BCUT2D eigenvalue weighted by atomic mass is 16.6. The first-order chi connectivity index (χ1) is 16.5. The number of hydrogen-bond acceptors (Lipinski definition) is 5. The molecule has 5 rings (SSSR count). The molecule has 0 saturated heterocycles. The third-order valence-corrected chi connectivity index (χ3v) is 6.80. The molecule has 35 heavy (non-hydrogen) atoms. The van der Waals surface area contributed by atoms with Crippen molar-refractivity contribution in [1.29, 1.82) is 0 Å². The number of benzene rings is 2. The molecular formula is C26H26N4O5. The van der Waals surface area contributed by atoms with E-state index in [-0.39, 0.29) is 11.2 Å². The van der Waals surface area contributed by atoms with Gasteiger partial charge in [0.05, 0.1) is 39.4 Å². The van der Waals surface area contributed by atoms with Gasteiger partial charge < -0.3 is 9.30 Å². The van der Waals surface area contributed by atoms with Crippen LogP contribution in [0.3, 0.4) is 0 Å². The monoisotopic (exact) mass is 474 g/mol. The first-order valence-electron chi connectivity index (χ1n) is 11.3. The Kier molecular flexibility index (Phi) is 5.06. The highest BCUT2D eigenvalue weighted by molar-refractivity contribution is 5.96. The molecule has 0 unspecified atom stereocenters. The second kappa shape index (κ2) is 7.78. The van der Waals surface area contributed by atoms with E-state index in [4.69, 9.17) is 4.74 Å². The third kappa shape index (κ3) is 3.34. The first-order valence-corrected chi connectivity index (χ1v) is 11.3. The quantitative estimate of drug-likeness (QED) is 0.332. The largest absolute Gasteiger partial charge is 0.365 e. The van der Waals surface area contributed by atoms with Crippen LogP contribution in [-0.2, 0) is 24.4 Å². The van der Waals surface area contributed by atoms with Gasteiger partial charge in [-0.1, -0.05) is 29.8 Å². The number of nitro benzene ring substituents is 1. The summed E-state index contributed by atoms with van der Waals surface area (Å²) < 4.78 is 11.1. The molecule has 2 aromatic carbocycles. The van der Waals surface area contributed by atoms with Crippen molar-refractivity contribution in [1.82, 2.24) is 13.7 Å². The van der Waals surface area contributed by atoms with E-state index in [1.54, 1.807) is 19.2 Å². The predicted octanol–water partition coefficient (Wildman–Crippen LogP) is 3.78. The van der Waals surface area contributed by atoms with Gasteiger partial charge in [0.1, 0.15) is 6.10 Å². The molecule has 0 N–H and O–H groups in total. The normalized spacial score (nSPS) is 16.9. The van der Waals surface area contributed by atoms with Crippen LogP contribution < -0.4 is 11.2 Å². The minimum Gasteiger partial charge on any atom is -0.365 e. The number of ether oxygens (including phenoxy) is 1. The fourth-order valence-corrected chi connectivity index (χ4v) is 5.01. The standard InChI is InChI=1S/C26H26N4O5/c1-15-6-8-16(9-7-15)20-19-21(27(4)25(32)28(5)24(19)31)22-23(35-14-26(2,3)29(20)22)17-10-12-18(13-11-17)30(33)34/h6-13,23H,14H2,1-5H3/t23-/m1/s1. The second-order valence-electron chi connectivity index (χ2n) is 9.72. The SMILES string of the molecule is Cc1ccc(-c2c3c(=O)n(C)c(=O)n(C)c3c3n2C(C)(C)CO[C@@H]3c2ccc([N+](=O)[O-])cc2)cc1. The minimum absolute atomic E-state index is 0.0215. The van der Waals surface area contributed by atoms with Crippen LogP contribution in [0.4, 0.5) is 5.69 Å². The molecule has 180 valence electrons. The van der Waals surface area contributed by atoms with Crippen molar-refractivity contribution in [2.24, 2.45) is 14.1 Å². The Labute approximate surface area is 201 Å². The second-order valence-corrected chi connectivity index (χ2v) is 9.72. The molecule has 0 aliphatic carbocycles. The Bertz CT molecular complexity index is 1610. The van der Waals surface area contributed by atoms with Gasteiger partial charge in [-0.25, -0.2) is 4.79 Å². The molecule has 1 aliphatic heterocycles. The maximum absolute atomic E-state index is 13.6. The molecule has 2 aromatic heterocycles. The number of aryl methyl sites for hydroxylation is 2. The molecule has 1 aliphatic rings. The molecule has 0 radical (unpaired) electrons. The van der Waals surface area contributed by atoms with Crippen molar-refractivity contribution in [3.05, 3.63) is 96.3 Å². The lowest BCUT2D eigenvalue weighted by atomic mass is 9.98. The highest BCUT2D eigenvalue weighted by Gasteiger charge is 2.40. The maximum Gasteiger partial charge on any atom is 0.331 e. The van der Waals surface area contributed by atoms with Crippen LogP contribution in [0.1, 0.15) is 36.8 Å². The number of fused-ring (bicyclic) bond motifs is 3. The molecule has 0 saturated carbocycles. The Morgan fingerprint density at radius 2 is 1.63 bits per heavy atom. The summed E-state index contributed by atoms with van der Waals surface area (Å²) in [5.41, 5.74) is 3.20. The van der Waals surface area contributed by atoms with Crippen molar-refractivity contribution >= 4 is 16.6 Å². The van der Waals surface area contributed by atoms with E-state index >= 15 is 0 Å². The summed E-state index contributed by atoms with van der Waals surface area (Å²) in [5, 5.41) is 11.6. The smallest absolute Gasteiger partial charge is 0.331 e. The summed E-state index contributed by atoms with van der Waals surface area (Å²) in [4.78, 5) is 37.3. The van der Waals surface area contributed by atoms with Gasteiger partial charge in [-0.2, -0.15) is 0 Å². The zero-order chi connectivity index (χ0) is 25.2. The van der Waals surface area contributed by atoms with Crippen molar-refractivity contribution < 1.29 is 9.66 Å². The van der Waals surface area contributed by atoms with Crippen LogP contribution in [0.5, 0.6) is 0 Å². The Morgan fingerprint density at radius 1 is 1.00 bits per heavy atom. The lowest BCUT2D eigenvalue weighted by Crippen LogP contribution is -2.40. The lowest BCUT2D eigenvalue weighted by molar-refractivity contribution is -0.384. The molecule has 3 heterocycles. The molecule has 4 aromatic rings. The van der Waals surface area contributed by atoms with E-state index in [9.17, 15) is 19.7 Å². The van der Waals surface area contributed by atoms with Crippen LogP contribution in [0.2, 0.25) is 0 Å². The number of aromatic nitrogens is 3. The molecule has 9 nitrogen and oxygen atoms in total. The van der Waals surface area contributed by atoms with Crippen molar-refractivity contribution in [2.45, 2.75) is 32.4 Å². The van der Waals surface area contributed by atoms with Gasteiger partial charge in [-0.05, 0) is 44.0 Å². The van der Waals surface area contributed by atoms with Crippen LogP contribution in [0, 0.1) is 17.0 Å². The fraction of sp³-hybridized carbons (Fsp3) is 0.308. The molecule has 0 fully saturated rings. The minimum atomic E-state index is -0.622. The third-order valence-electron chi connectivity index (χ3n) is 6.80. The van der Waals surface area contributed by atoms with Gasteiger partial charge in [-0.3, -0.25) is 24.0 Å². The lowest BCUT2D eigenvalue weighted by Gasteiger charge is -2.39. The summed E-state index contributed by atoms with van der Waals surface area (Å²) in [7, 11) is 3.13. The Morgan fingerprint density at radius 3 is 2.23 bits per heavy atom. The summed E-state index contributed by atoms with van der Waals surface area (Å²) in [6.07, 6.45) is -0.622. The molecule has 9 heteroatoms. The van der Waals surface area contributed by atoms with E-state index in [1.807, 2.05) is 45.0 Å². The van der Waals surface area contributed by atoms with Gasteiger partial charge in [0.2, 0.25) is 0 Å². The van der Waals surface area contributed by atoms with Crippen LogP contribution >= 0.6 is 0 Å². The van der Waals surface area contributed by atoms with E-state index in [1.165, 1.54) is 23.7 Å². The van der Waals surface area contributed by atoms with Gasteiger partial charge in [0, 0.05) is 26.2 Å². The number of nitrogens with zero attached hydrogens (tertiary/aromatic N) is 4. The van der Waals surface area contributed by atoms with Gasteiger partial charge >= 0.3 is 5.69 Å². The topological polar surface area (TPSA) is 101 Å². The Hall–Kier alpha value is -3.98. The number of rotatable bonds is 3. The fourth-order valence-electron chi connectivity index (χ4n) is 5.01. The summed E-state index contributed by atoms with van der Waals surface area (Å²) in [6.45, 7) is 6.40. The molecular weight excluding hydrogens is 448 g/mol. The number of hydrogen-bond donors (Lipinski definition) is 0. The van der Waals surface area contributed by atoms with E-state index in [0.717, 1.165) is 21.4 Å². The molecule has 0 bridgehead atoms. The zero-order valence-corrected chi connectivity index (χ0v) is 20.2. The van der Waals surface area contributed by atoms with Crippen molar-refractivity contribution in [2.75, 3.05) is 6.61 Å². The van der Waals surface area contributed by atoms with Crippen LogP contribution in [-0.4, -0.2) is 25.2 Å². The van der Waals surface area contributed by atoms with Gasteiger partial charge in [-0.15, -0.1) is 0 Å². The average molecular weight is 475 g/mol. The first kappa shape index (κ1) is 22.8. The number of non-ortho nitro benzene ring substituents is 1.